The minimum absolute atomic E-state index is 0.0800. The van der Waals surface area contributed by atoms with Crippen molar-refractivity contribution in [2.45, 2.75) is 19.4 Å². The number of halogens is 1. The Morgan fingerprint density at radius 3 is 2.88 bits per heavy atom. The summed E-state index contributed by atoms with van der Waals surface area (Å²) in [6, 6.07) is 3.84. The van der Waals surface area contributed by atoms with Gasteiger partial charge in [0.05, 0.1) is 19.1 Å². The fraction of sp³-hybridized carbons (Fsp3) is 0.364. The zero-order valence-corrected chi connectivity index (χ0v) is 8.94. The van der Waals surface area contributed by atoms with Gasteiger partial charge in [-0.3, -0.25) is 4.79 Å². The van der Waals surface area contributed by atoms with Crippen molar-refractivity contribution in [2.75, 3.05) is 6.61 Å². The molecule has 0 aromatic heterocycles. The maximum atomic E-state index is 12.9. The lowest BCUT2D eigenvalue weighted by molar-refractivity contribution is -0.118. The highest BCUT2D eigenvalue weighted by Crippen LogP contribution is 2.25. The molecule has 0 heterocycles. The van der Waals surface area contributed by atoms with Crippen molar-refractivity contribution >= 4 is 5.91 Å². The summed E-state index contributed by atoms with van der Waals surface area (Å²) in [6.07, 6.45) is -0.754. The highest BCUT2D eigenvalue weighted by Gasteiger charge is 2.10. The average Bonchev–Trinajstić information content (AvgIpc) is 2.19. The highest BCUT2D eigenvalue weighted by atomic mass is 19.1. The standard InChI is InChI=1S/C11H14FNO3/c1-7(14)9-6-8(12)2-3-10(9)16-5-4-11(13)15/h2-3,6-7,14H,4-5H2,1H3,(H2,13,15)/t7-/m1/s1. The molecule has 1 amide bonds. The normalized spacial score (nSPS) is 12.2. The summed E-state index contributed by atoms with van der Waals surface area (Å²) in [5, 5.41) is 9.40. The second kappa shape index (κ2) is 5.46. The predicted octanol–water partition coefficient (Wildman–Crippen LogP) is 1.13. The van der Waals surface area contributed by atoms with E-state index in [9.17, 15) is 14.3 Å². The minimum atomic E-state index is -0.834. The molecule has 0 fully saturated rings. The molecule has 1 aromatic carbocycles. The van der Waals surface area contributed by atoms with Gasteiger partial charge < -0.3 is 15.6 Å². The van der Waals surface area contributed by atoms with Crippen LogP contribution in [0.25, 0.3) is 0 Å². The Morgan fingerprint density at radius 2 is 2.31 bits per heavy atom. The summed E-state index contributed by atoms with van der Waals surface area (Å²) in [5.74, 6) is -0.559. The maximum absolute atomic E-state index is 12.9. The SMILES string of the molecule is C[C@@H](O)c1cc(F)ccc1OCCC(N)=O. The van der Waals surface area contributed by atoms with Gasteiger partial charge in [0.2, 0.25) is 5.91 Å². The van der Waals surface area contributed by atoms with Crippen molar-refractivity contribution in [1.82, 2.24) is 0 Å². The van der Waals surface area contributed by atoms with Gasteiger partial charge in [-0.05, 0) is 25.1 Å². The Labute approximate surface area is 92.8 Å². The molecule has 4 nitrogen and oxygen atoms in total. The number of aliphatic hydroxyl groups excluding tert-OH is 1. The Kier molecular flexibility index (Phi) is 4.25. The van der Waals surface area contributed by atoms with Crippen LogP contribution in [0.15, 0.2) is 18.2 Å². The average molecular weight is 227 g/mol. The zero-order chi connectivity index (χ0) is 12.1. The monoisotopic (exact) mass is 227 g/mol. The minimum Gasteiger partial charge on any atom is -0.493 e. The highest BCUT2D eigenvalue weighted by molar-refractivity contribution is 5.73. The number of rotatable bonds is 5. The molecule has 0 saturated carbocycles. The molecule has 0 spiro atoms. The van der Waals surface area contributed by atoms with E-state index in [1.807, 2.05) is 0 Å². The third-order valence-electron chi connectivity index (χ3n) is 2.03. The topological polar surface area (TPSA) is 72.6 Å². The summed E-state index contributed by atoms with van der Waals surface area (Å²) in [7, 11) is 0. The van der Waals surface area contributed by atoms with Gasteiger partial charge in [-0.25, -0.2) is 4.39 Å². The summed E-state index contributed by atoms with van der Waals surface area (Å²) in [6.45, 7) is 1.62. The Morgan fingerprint density at radius 1 is 1.62 bits per heavy atom. The van der Waals surface area contributed by atoms with E-state index in [0.29, 0.717) is 11.3 Å². The maximum Gasteiger partial charge on any atom is 0.220 e. The fourth-order valence-electron chi connectivity index (χ4n) is 1.24. The van der Waals surface area contributed by atoms with Gasteiger partial charge in [-0.2, -0.15) is 0 Å². The second-order valence-electron chi connectivity index (χ2n) is 3.42. The first-order chi connectivity index (χ1) is 7.50. The molecule has 3 N–H and O–H groups in total. The molecule has 0 saturated heterocycles. The number of primary amides is 1. The molecule has 0 aliphatic rings. The predicted molar refractivity (Wildman–Crippen MR) is 56.3 cm³/mol. The smallest absolute Gasteiger partial charge is 0.220 e. The number of nitrogens with two attached hydrogens (primary N) is 1. The molecular weight excluding hydrogens is 213 g/mol. The molecule has 1 atom stereocenters. The Hall–Kier alpha value is -1.62. The van der Waals surface area contributed by atoms with Crippen LogP contribution in [-0.2, 0) is 4.79 Å². The second-order valence-corrected chi connectivity index (χ2v) is 3.42. The third-order valence-corrected chi connectivity index (χ3v) is 2.03. The lowest BCUT2D eigenvalue weighted by Gasteiger charge is -2.12. The van der Waals surface area contributed by atoms with Crippen LogP contribution in [0.1, 0.15) is 25.0 Å². The van der Waals surface area contributed by atoms with Gasteiger partial charge in [-0.1, -0.05) is 0 Å². The van der Waals surface area contributed by atoms with Crippen LogP contribution in [0.2, 0.25) is 0 Å². The quantitative estimate of drug-likeness (QED) is 0.792. The van der Waals surface area contributed by atoms with Crippen LogP contribution in [0, 0.1) is 5.82 Å². The van der Waals surface area contributed by atoms with E-state index in [0.717, 1.165) is 0 Å². The van der Waals surface area contributed by atoms with Crippen molar-refractivity contribution in [2.24, 2.45) is 5.73 Å². The van der Waals surface area contributed by atoms with Gasteiger partial charge in [-0.15, -0.1) is 0 Å². The van der Waals surface area contributed by atoms with Crippen molar-refractivity contribution in [1.29, 1.82) is 0 Å². The molecular formula is C11H14FNO3. The van der Waals surface area contributed by atoms with E-state index in [1.165, 1.54) is 25.1 Å². The first kappa shape index (κ1) is 12.4. The lowest BCUT2D eigenvalue weighted by Crippen LogP contribution is -2.15. The first-order valence-electron chi connectivity index (χ1n) is 4.89. The summed E-state index contributed by atoms with van der Waals surface area (Å²) >= 11 is 0. The van der Waals surface area contributed by atoms with Crippen LogP contribution in [0.4, 0.5) is 4.39 Å². The zero-order valence-electron chi connectivity index (χ0n) is 8.94. The van der Waals surface area contributed by atoms with Crippen LogP contribution >= 0.6 is 0 Å². The van der Waals surface area contributed by atoms with E-state index >= 15 is 0 Å². The third kappa shape index (κ3) is 3.51. The number of carbonyl (C=O) groups is 1. The van der Waals surface area contributed by atoms with Gasteiger partial charge in [0.15, 0.2) is 0 Å². The van der Waals surface area contributed by atoms with Gasteiger partial charge in [0.25, 0.3) is 0 Å². The van der Waals surface area contributed by atoms with E-state index < -0.39 is 17.8 Å². The molecule has 0 bridgehead atoms. The van der Waals surface area contributed by atoms with Crippen molar-refractivity contribution in [3.05, 3.63) is 29.6 Å². The van der Waals surface area contributed by atoms with E-state index in [1.54, 1.807) is 0 Å². The number of benzene rings is 1. The summed E-state index contributed by atoms with van der Waals surface area (Å²) in [4.78, 5) is 10.5. The summed E-state index contributed by atoms with van der Waals surface area (Å²) < 4.78 is 18.2. The van der Waals surface area contributed by atoms with Crippen molar-refractivity contribution in [3.63, 3.8) is 0 Å². The number of hydrogen-bond acceptors (Lipinski definition) is 3. The van der Waals surface area contributed by atoms with Crippen molar-refractivity contribution < 1.29 is 19.0 Å². The molecule has 0 aliphatic carbocycles. The van der Waals surface area contributed by atoms with Gasteiger partial charge in [0, 0.05) is 5.56 Å². The fourth-order valence-corrected chi connectivity index (χ4v) is 1.24. The number of amides is 1. The van der Waals surface area contributed by atoms with Crippen LogP contribution in [0.5, 0.6) is 5.75 Å². The van der Waals surface area contributed by atoms with E-state index in [4.69, 9.17) is 10.5 Å². The molecule has 5 heteroatoms. The largest absolute Gasteiger partial charge is 0.493 e. The molecule has 16 heavy (non-hydrogen) atoms. The van der Waals surface area contributed by atoms with Gasteiger partial charge >= 0.3 is 0 Å². The number of aliphatic hydroxyl groups is 1. The van der Waals surface area contributed by atoms with E-state index in [2.05, 4.69) is 0 Å². The lowest BCUT2D eigenvalue weighted by atomic mass is 10.1. The number of ether oxygens (including phenoxy) is 1. The molecule has 0 radical (unpaired) electrons. The van der Waals surface area contributed by atoms with Gasteiger partial charge in [0.1, 0.15) is 11.6 Å². The molecule has 0 aliphatic heterocycles. The van der Waals surface area contributed by atoms with E-state index in [-0.39, 0.29) is 13.0 Å². The van der Waals surface area contributed by atoms with Crippen molar-refractivity contribution in [3.8, 4) is 5.75 Å². The Balaban J connectivity index is 2.74. The van der Waals surface area contributed by atoms with Crippen LogP contribution in [0.3, 0.4) is 0 Å². The molecule has 1 rings (SSSR count). The summed E-state index contributed by atoms with van der Waals surface area (Å²) in [5.41, 5.74) is 5.30. The Bertz CT molecular complexity index is 379. The molecule has 1 aromatic rings. The number of hydrogen-bond donors (Lipinski definition) is 2. The molecule has 88 valence electrons. The van der Waals surface area contributed by atoms with Crippen LogP contribution < -0.4 is 10.5 Å². The first-order valence-corrected chi connectivity index (χ1v) is 4.89. The van der Waals surface area contributed by atoms with Crippen LogP contribution in [-0.4, -0.2) is 17.6 Å². The molecule has 0 unspecified atom stereocenters. The number of carbonyl (C=O) groups excluding carboxylic acids is 1.